The average Bonchev–Trinajstić information content (AvgIpc) is 3.12. The predicted octanol–water partition coefficient (Wildman–Crippen LogP) is 3.07. The Balaban J connectivity index is 1.76. The summed E-state index contributed by atoms with van der Waals surface area (Å²) in [5, 5.41) is 8.24. The van der Waals surface area contributed by atoms with Gasteiger partial charge in [-0.15, -0.1) is 0 Å². The van der Waals surface area contributed by atoms with Gasteiger partial charge in [0.05, 0.1) is 11.8 Å². The highest BCUT2D eigenvalue weighted by atomic mass is 35.5. The first kappa shape index (κ1) is 19.8. The van der Waals surface area contributed by atoms with E-state index in [0.29, 0.717) is 11.1 Å². The van der Waals surface area contributed by atoms with E-state index in [4.69, 9.17) is 11.6 Å². The van der Waals surface area contributed by atoms with Crippen molar-refractivity contribution in [3.8, 4) is 0 Å². The summed E-state index contributed by atoms with van der Waals surface area (Å²) < 4.78 is 53.8. The van der Waals surface area contributed by atoms with Crippen LogP contribution in [0.2, 0.25) is 5.02 Å². The van der Waals surface area contributed by atoms with Crippen LogP contribution < -0.4 is 10.0 Å². The number of nitrogens with one attached hydrogen (secondary N) is 3. The normalized spacial score (nSPS) is 11.2. The number of H-pyrrole nitrogens is 1. The highest BCUT2D eigenvalue weighted by Crippen LogP contribution is 2.19. The Labute approximate surface area is 163 Å². The van der Waals surface area contributed by atoms with Crippen LogP contribution in [0.15, 0.2) is 53.7 Å². The molecule has 0 fully saturated rings. The second kappa shape index (κ2) is 7.95. The quantitative estimate of drug-likeness (QED) is 0.563. The first-order chi connectivity index (χ1) is 13.2. The van der Waals surface area contributed by atoms with Gasteiger partial charge in [-0.25, -0.2) is 8.78 Å². The number of halogens is 3. The summed E-state index contributed by atoms with van der Waals surface area (Å²) in [6.45, 7) is -0.206. The fourth-order valence-electron chi connectivity index (χ4n) is 2.36. The third-order valence-electron chi connectivity index (χ3n) is 3.59. The number of aromatic nitrogens is 2. The van der Waals surface area contributed by atoms with Crippen molar-refractivity contribution in [1.29, 1.82) is 0 Å². The van der Waals surface area contributed by atoms with Gasteiger partial charge in [0.2, 0.25) is 0 Å². The molecule has 7 nitrogen and oxygen atoms in total. The first-order valence-electron chi connectivity index (χ1n) is 7.79. The maximum absolute atomic E-state index is 13.2. The Bertz CT molecular complexity index is 1100. The molecule has 0 aliphatic carbocycles. The number of hydrogen-bond donors (Lipinski definition) is 3. The molecule has 0 bridgehead atoms. The van der Waals surface area contributed by atoms with Crippen molar-refractivity contribution in [2.45, 2.75) is 11.6 Å². The van der Waals surface area contributed by atoms with E-state index in [2.05, 4.69) is 20.2 Å². The molecule has 0 unspecified atom stereocenters. The number of nitrogens with zero attached hydrogens (tertiary/aromatic N) is 1. The molecule has 0 atom stereocenters. The van der Waals surface area contributed by atoms with Crippen LogP contribution in [0.4, 0.5) is 14.5 Å². The van der Waals surface area contributed by atoms with E-state index in [1.165, 1.54) is 24.3 Å². The summed E-state index contributed by atoms with van der Waals surface area (Å²) in [6, 6.07) is 8.71. The van der Waals surface area contributed by atoms with Crippen LogP contribution in [0.1, 0.15) is 15.9 Å². The molecule has 0 spiro atoms. The number of hydrogen-bond acceptors (Lipinski definition) is 4. The number of amides is 1. The zero-order chi connectivity index (χ0) is 20.3. The SMILES string of the molecule is O=C(NCc1cc(F)cc(F)c1)c1cn[nH]c1S(=O)(=O)Nc1ccc(Cl)cc1. The van der Waals surface area contributed by atoms with Gasteiger partial charge < -0.3 is 5.32 Å². The van der Waals surface area contributed by atoms with Crippen molar-refractivity contribution in [2.75, 3.05) is 4.72 Å². The lowest BCUT2D eigenvalue weighted by Gasteiger charge is -2.09. The molecule has 0 aliphatic heterocycles. The first-order valence-corrected chi connectivity index (χ1v) is 9.65. The molecule has 3 rings (SSSR count). The van der Waals surface area contributed by atoms with Gasteiger partial charge in [0.1, 0.15) is 11.6 Å². The Kier molecular flexibility index (Phi) is 5.61. The van der Waals surface area contributed by atoms with E-state index in [0.717, 1.165) is 18.3 Å². The smallest absolute Gasteiger partial charge is 0.279 e. The Morgan fingerprint density at radius 1 is 1.11 bits per heavy atom. The molecule has 0 saturated carbocycles. The molecule has 11 heteroatoms. The summed E-state index contributed by atoms with van der Waals surface area (Å²) >= 11 is 5.76. The number of sulfonamides is 1. The van der Waals surface area contributed by atoms with Crippen LogP contribution in [0, 0.1) is 11.6 Å². The van der Waals surface area contributed by atoms with Crippen molar-refractivity contribution in [2.24, 2.45) is 0 Å². The minimum Gasteiger partial charge on any atom is -0.348 e. The van der Waals surface area contributed by atoms with E-state index in [-0.39, 0.29) is 23.4 Å². The molecular formula is C17H13ClF2N4O3S. The Morgan fingerprint density at radius 2 is 1.75 bits per heavy atom. The molecule has 146 valence electrons. The van der Waals surface area contributed by atoms with Crippen LogP contribution in [0.3, 0.4) is 0 Å². The number of carbonyl (C=O) groups excluding carboxylic acids is 1. The van der Waals surface area contributed by atoms with E-state index < -0.39 is 32.6 Å². The molecule has 1 heterocycles. The molecule has 3 aromatic rings. The molecule has 1 amide bonds. The third-order valence-corrected chi connectivity index (χ3v) is 5.19. The van der Waals surface area contributed by atoms with Gasteiger partial charge in [0, 0.05) is 23.3 Å². The van der Waals surface area contributed by atoms with Gasteiger partial charge in [0.25, 0.3) is 15.9 Å². The van der Waals surface area contributed by atoms with Crippen LogP contribution >= 0.6 is 11.6 Å². The number of aromatic amines is 1. The Hall–Kier alpha value is -2.98. The van der Waals surface area contributed by atoms with E-state index in [9.17, 15) is 22.0 Å². The highest BCUT2D eigenvalue weighted by Gasteiger charge is 2.25. The molecule has 0 saturated heterocycles. The van der Waals surface area contributed by atoms with Gasteiger partial charge in [-0.1, -0.05) is 11.6 Å². The zero-order valence-corrected chi connectivity index (χ0v) is 15.6. The summed E-state index contributed by atoms with van der Waals surface area (Å²) in [7, 11) is -4.15. The fourth-order valence-corrected chi connectivity index (χ4v) is 3.64. The lowest BCUT2D eigenvalue weighted by Crippen LogP contribution is -2.25. The van der Waals surface area contributed by atoms with E-state index in [1.54, 1.807) is 0 Å². The van der Waals surface area contributed by atoms with Crippen LogP contribution in [0.25, 0.3) is 0 Å². The van der Waals surface area contributed by atoms with E-state index >= 15 is 0 Å². The minimum atomic E-state index is -4.15. The van der Waals surface area contributed by atoms with Gasteiger partial charge in [-0.2, -0.15) is 13.5 Å². The lowest BCUT2D eigenvalue weighted by molar-refractivity contribution is 0.0947. The van der Waals surface area contributed by atoms with Crippen LogP contribution in [-0.2, 0) is 16.6 Å². The van der Waals surface area contributed by atoms with E-state index in [1.807, 2.05) is 0 Å². The number of benzene rings is 2. The highest BCUT2D eigenvalue weighted by molar-refractivity contribution is 7.92. The maximum atomic E-state index is 13.2. The number of rotatable bonds is 6. The third kappa shape index (κ3) is 4.65. The molecule has 3 N–H and O–H groups in total. The van der Waals surface area contributed by atoms with Gasteiger partial charge >= 0.3 is 0 Å². The monoisotopic (exact) mass is 426 g/mol. The maximum Gasteiger partial charge on any atom is 0.279 e. The molecule has 2 aromatic carbocycles. The van der Waals surface area contributed by atoms with Gasteiger partial charge in [-0.05, 0) is 42.0 Å². The fraction of sp³-hybridized carbons (Fsp3) is 0.0588. The van der Waals surface area contributed by atoms with Crippen LogP contribution in [-0.4, -0.2) is 24.5 Å². The molecule has 0 aliphatic rings. The van der Waals surface area contributed by atoms with Gasteiger partial charge in [-0.3, -0.25) is 14.6 Å². The predicted molar refractivity (Wildman–Crippen MR) is 98.4 cm³/mol. The zero-order valence-electron chi connectivity index (χ0n) is 14.0. The standard InChI is InChI=1S/C17H13ClF2N4O3S/c18-11-1-3-14(4-2-11)24-28(26,27)17-15(9-22-23-17)16(25)21-8-10-5-12(19)7-13(20)6-10/h1-7,9,24H,8H2,(H,21,25)(H,22,23). The van der Waals surface area contributed by atoms with Crippen molar-refractivity contribution < 1.29 is 22.0 Å². The van der Waals surface area contributed by atoms with Crippen LogP contribution in [0.5, 0.6) is 0 Å². The Morgan fingerprint density at radius 3 is 2.39 bits per heavy atom. The molecule has 28 heavy (non-hydrogen) atoms. The van der Waals surface area contributed by atoms with Crippen molar-refractivity contribution >= 4 is 33.2 Å². The summed E-state index contributed by atoms with van der Waals surface area (Å²) in [5.74, 6) is -2.36. The topological polar surface area (TPSA) is 104 Å². The largest absolute Gasteiger partial charge is 0.348 e. The van der Waals surface area contributed by atoms with Crippen molar-refractivity contribution in [3.63, 3.8) is 0 Å². The van der Waals surface area contributed by atoms with Crippen molar-refractivity contribution in [1.82, 2.24) is 15.5 Å². The summed E-state index contributed by atoms with van der Waals surface area (Å²) in [6.07, 6.45) is 1.04. The second-order valence-electron chi connectivity index (χ2n) is 5.69. The molecule has 1 aromatic heterocycles. The molecular weight excluding hydrogens is 414 g/mol. The lowest BCUT2D eigenvalue weighted by atomic mass is 10.2. The number of carbonyl (C=O) groups is 1. The van der Waals surface area contributed by atoms with Crippen molar-refractivity contribution in [3.05, 3.63) is 76.4 Å². The van der Waals surface area contributed by atoms with Gasteiger partial charge in [0.15, 0.2) is 5.03 Å². The second-order valence-corrected chi connectivity index (χ2v) is 7.74. The average molecular weight is 427 g/mol. The number of anilines is 1. The minimum absolute atomic E-state index is 0.179. The summed E-state index contributed by atoms with van der Waals surface area (Å²) in [5.41, 5.74) is 0.164. The summed E-state index contributed by atoms with van der Waals surface area (Å²) in [4.78, 5) is 12.3. The molecule has 0 radical (unpaired) electrons.